The van der Waals surface area contributed by atoms with E-state index >= 15 is 0 Å². The molecule has 7 rings (SSSR count). The number of amides is 2. The van der Waals surface area contributed by atoms with Gasteiger partial charge in [-0.2, -0.15) is 0 Å². The molecule has 7 heteroatoms. The number of anilines is 1. The molecule has 2 aliphatic heterocycles. The summed E-state index contributed by atoms with van der Waals surface area (Å²) in [6.07, 6.45) is 1.98. The molecule has 2 amide bonds. The molecule has 1 aliphatic carbocycles. The van der Waals surface area contributed by atoms with Crippen LogP contribution in [0.15, 0.2) is 91.0 Å². The zero-order valence-corrected chi connectivity index (χ0v) is 21.6. The molecule has 0 bridgehead atoms. The van der Waals surface area contributed by atoms with Crippen molar-refractivity contribution in [2.45, 2.75) is 5.92 Å². The predicted octanol–water partition coefficient (Wildman–Crippen LogP) is 6.02. The van der Waals surface area contributed by atoms with E-state index in [1.165, 1.54) is 0 Å². The molecule has 0 radical (unpaired) electrons. The van der Waals surface area contributed by atoms with Gasteiger partial charge < -0.3 is 9.47 Å². The number of carbonyl (C=O) groups is 3. The van der Waals surface area contributed by atoms with Crippen molar-refractivity contribution in [3.05, 3.63) is 107 Å². The Morgan fingerprint density at radius 2 is 1.54 bits per heavy atom. The Balaban J connectivity index is 1.45. The van der Waals surface area contributed by atoms with Crippen LogP contribution < -0.4 is 14.4 Å². The summed E-state index contributed by atoms with van der Waals surface area (Å²) in [6, 6.07) is 25.8. The number of carbonyl (C=O) groups excluding carboxylic acids is 3. The van der Waals surface area contributed by atoms with E-state index in [9.17, 15) is 14.4 Å². The lowest BCUT2D eigenvalue weighted by atomic mass is 9.64. The van der Waals surface area contributed by atoms with E-state index in [1.54, 1.807) is 31.4 Å². The Kier molecular flexibility index (Phi) is 5.35. The first-order valence-corrected chi connectivity index (χ1v) is 13.1. The van der Waals surface area contributed by atoms with Crippen LogP contribution in [-0.4, -0.2) is 24.9 Å². The van der Waals surface area contributed by atoms with Crippen LogP contribution in [0.5, 0.6) is 11.5 Å². The quantitative estimate of drug-likeness (QED) is 0.182. The number of esters is 1. The van der Waals surface area contributed by atoms with Crippen LogP contribution in [-0.2, 0) is 14.4 Å². The van der Waals surface area contributed by atoms with Crippen LogP contribution in [0.1, 0.15) is 17.0 Å². The number of rotatable bonds is 3. The van der Waals surface area contributed by atoms with E-state index in [0.717, 1.165) is 26.8 Å². The zero-order chi connectivity index (χ0) is 26.8. The van der Waals surface area contributed by atoms with Crippen LogP contribution in [0.2, 0.25) is 5.02 Å². The predicted molar refractivity (Wildman–Crippen MR) is 148 cm³/mol. The molecular weight excluding hydrogens is 514 g/mol. The second-order valence-corrected chi connectivity index (χ2v) is 10.4. The molecule has 0 N–H and O–H groups in total. The van der Waals surface area contributed by atoms with Crippen molar-refractivity contribution in [1.29, 1.82) is 0 Å². The molecule has 192 valence electrons. The van der Waals surface area contributed by atoms with Gasteiger partial charge in [-0.05, 0) is 40.8 Å². The fourth-order valence-electron chi connectivity index (χ4n) is 6.31. The first kappa shape index (κ1) is 23.7. The summed E-state index contributed by atoms with van der Waals surface area (Å²) in [5, 5.41) is 2.05. The average molecular weight is 536 g/mol. The zero-order valence-electron chi connectivity index (χ0n) is 20.8. The second kappa shape index (κ2) is 8.82. The van der Waals surface area contributed by atoms with Crippen molar-refractivity contribution in [3.8, 4) is 11.5 Å². The third-order valence-corrected chi connectivity index (χ3v) is 8.40. The molecule has 1 saturated heterocycles. The maximum atomic E-state index is 14.1. The third kappa shape index (κ3) is 3.45. The van der Waals surface area contributed by atoms with Gasteiger partial charge >= 0.3 is 5.97 Å². The lowest BCUT2D eigenvalue weighted by Crippen LogP contribution is -2.42. The summed E-state index contributed by atoms with van der Waals surface area (Å²) in [6.45, 7) is 0. The summed E-state index contributed by atoms with van der Waals surface area (Å²) in [7, 11) is 1.59. The minimum Gasteiger partial charge on any atom is -0.497 e. The maximum absolute atomic E-state index is 14.1. The second-order valence-electron chi connectivity index (χ2n) is 10.00. The largest absolute Gasteiger partial charge is 0.497 e. The van der Waals surface area contributed by atoms with Crippen LogP contribution in [0.3, 0.4) is 0 Å². The summed E-state index contributed by atoms with van der Waals surface area (Å²) >= 11 is 6.44. The highest BCUT2D eigenvalue weighted by atomic mass is 35.5. The number of para-hydroxylation sites is 1. The number of fused-ring (bicyclic) bond motifs is 7. The third-order valence-electron chi connectivity index (χ3n) is 8.08. The standard InChI is InChI=1S/C32H22ClNO5/c1-38-19-13-10-18(11-14-19)22-16-23-21-15-12-17-6-2-3-7-20(17)29(21)39-32(37)27(23)28-26(22)30(35)34(31(28)36)25-9-5-4-8-24(25)33/h2-16,22,26-28H,1H3/t22-,26-,27-,28+/m0/s1. The fraction of sp³-hybridized carbons (Fsp3) is 0.156. The molecule has 0 saturated carbocycles. The number of imide groups is 1. The number of nitrogens with zero attached hydrogens (tertiary/aromatic N) is 1. The first-order valence-electron chi connectivity index (χ1n) is 12.7. The first-order chi connectivity index (χ1) is 19.0. The fourth-order valence-corrected chi connectivity index (χ4v) is 6.53. The molecule has 4 aromatic carbocycles. The summed E-state index contributed by atoms with van der Waals surface area (Å²) in [5.74, 6) is -3.31. The molecule has 2 heterocycles. The average Bonchev–Trinajstić information content (AvgIpc) is 3.22. The van der Waals surface area contributed by atoms with Crippen molar-refractivity contribution < 1.29 is 23.9 Å². The SMILES string of the molecule is COc1ccc([C@@H]2C=C3c4ccc5ccccc5c4OC(=O)[C@@H]3[C@@H]3C(=O)N(c4ccccc4Cl)C(=O)[C@H]32)cc1. The minimum atomic E-state index is -0.937. The highest BCUT2D eigenvalue weighted by molar-refractivity contribution is 6.36. The molecule has 0 unspecified atom stereocenters. The van der Waals surface area contributed by atoms with E-state index in [0.29, 0.717) is 22.8 Å². The van der Waals surface area contributed by atoms with E-state index in [1.807, 2.05) is 66.7 Å². The molecular formula is C32H22ClNO5. The molecule has 4 aromatic rings. The van der Waals surface area contributed by atoms with Gasteiger partial charge in [-0.25, -0.2) is 4.90 Å². The van der Waals surface area contributed by atoms with Crippen molar-refractivity contribution in [2.75, 3.05) is 12.0 Å². The molecule has 0 spiro atoms. The number of hydrogen-bond donors (Lipinski definition) is 0. The van der Waals surface area contributed by atoms with Crippen molar-refractivity contribution in [1.82, 2.24) is 0 Å². The highest BCUT2D eigenvalue weighted by Gasteiger charge is 2.60. The van der Waals surface area contributed by atoms with Gasteiger partial charge in [0.1, 0.15) is 11.5 Å². The summed E-state index contributed by atoms with van der Waals surface area (Å²) in [5.41, 5.74) is 2.62. The monoisotopic (exact) mass is 535 g/mol. The number of methoxy groups -OCH3 is 1. The Morgan fingerprint density at radius 1 is 0.821 bits per heavy atom. The van der Waals surface area contributed by atoms with Gasteiger partial charge in [-0.3, -0.25) is 14.4 Å². The Bertz CT molecular complexity index is 1730. The Labute approximate surface area is 229 Å². The molecule has 1 fully saturated rings. The Morgan fingerprint density at radius 3 is 2.31 bits per heavy atom. The van der Waals surface area contributed by atoms with Gasteiger partial charge in [0.25, 0.3) is 0 Å². The topological polar surface area (TPSA) is 72.9 Å². The van der Waals surface area contributed by atoms with Gasteiger partial charge in [0.2, 0.25) is 11.8 Å². The van der Waals surface area contributed by atoms with Crippen LogP contribution >= 0.6 is 11.6 Å². The lowest BCUT2D eigenvalue weighted by Gasteiger charge is -2.38. The van der Waals surface area contributed by atoms with E-state index < -0.39 is 35.5 Å². The number of allylic oxidation sites excluding steroid dienone is 1. The molecule has 0 aromatic heterocycles. The Hall–Kier alpha value is -4.42. The number of hydrogen-bond acceptors (Lipinski definition) is 5. The lowest BCUT2D eigenvalue weighted by molar-refractivity contribution is -0.142. The van der Waals surface area contributed by atoms with Crippen molar-refractivity contribution in [3.63, 3.8) is 0 Å². The molecule has 4 atom stereocenters. The maximum Gasteiger partial charge on any atom is 0.319 e. The van der Waals surface area contributed by atoms with E-state index in [4.69, 9.17) is 21.1 Å². The van der Waals surface area contributed by atoms with Gasteiger partial charge in [0.05, 0.1) is 35.6 Å². The van der Waals surface area contributed by atoms with Crippen LogP contribution in [0.4, 0.5) is 5.69 Å². The van der Waals surface area contributed by atoms with Crippen LogP contribution in [0, 0.1) is 17.8 Å². The van der Waals surface area contributed by atoms with E-state index in [2.05, 4.69) is 0 Å². The smallest absolute Gasteiger partial charge is 0.319 e. The normalized spacial score (nSPS) is 23.6. The number of halogens is 1. The number of ether oxygens (including phenoxy) is 2. The van der Waals surface area contributed by atoms with Crippen molar-refractivity contribution in [2.24, 2.45) is 17.8 Å². The van der Waals surface area contributed by atoms with Gasteiger partial charge in [0.15, 0.2) is 0 Å². The summed E-state index contributed by atoms with van der Waals surface area (Å²) in [4.78, 5) is 43.0. The number of benzene rings is 4. The van der Waals surface area contributed by atoms with Crippen molar-refractivity contribution >= 4 is 51.4 Å². The molecule has 6 nitrogen and oxygen atoms in total. The highest BCUT2D eigenvalue weighted by Crippen LogP contribution is 2.56. The van der Waals surface area contributed by atoms with E-state index in [-0.39, 0.29) is 10.9 Å². The van der Waals surface area contributed by atoms with Gasteiger partial charge in [0, 0.05) is 16.9 Å². The van der Waals surface area contributed by atoms with Gasteiger partial charge in [-0.15, -0.1) is 0 Å². The minimum absolute atomic E-state index is 0.287. The van der Waals surface area contributed by atoms with Gasteiger partial charge in [-0.1, -0.05) is 78.3 Å². The summed E-state index contributed by atoms with van der Waals surface area (Å²) < 4.78 is 11.3. The van der Waals surface area contributed by atoms with Crippen LogP contribution in [0.25, 0.3) is 16.3 Å². The molecule has 3 aliphatic rings. The molecule has 39 heavy (non-hydrogen) atoms.